The van der Waals surface area contributed by atoms with Gasteiger partial charge in [-0.1, -0.05) is 6.92 Å². The molecule has 0 spiro atoms. The second kappa shape index (κ2) is 5.24. The van der Waals surface area contributed by atoms with Gasteiger partial charge in [-0.05, 0) is 37.5 Å². The van der Waals surface area contributed by atoms with Gasteiger partial charge in [0.25, 0.3) is 0 Å². The van der Waals surface area contributed by atoms with Crippen molar-refractivity contribution in [3.05, 3.63) is 29.6 Å². The van der Waals surface area contributed by atoms with E-state index in [1.54, 1.807) is 0 Å². The molecule has 1 aromatic carbocycles. The molecule has 18 heavy (non-hydrogen) atoms. The summed E-state index contributed by atoms with van der Waals surface area (Å²) in [4.78, 5) is 2.25. The van der Waals surface area contributed by atoms with Crippen LogP contribution in [-0.4, -0.2) is 29.1 Å². The topological polar surface area (TPSA) is 49.5 Å². The predicted octanol–water partition coefficient (Wildman–Crippen LogP) is 2.26. The standard InChI is InChI=1S/C14H21FN2O/c1-9-8-17(6-5-13(9)16)10(2)12-7-11(15)3-4-14(12)18/h3-4,7,9-10,13,18H,5-6,8,16H2,1-2H3. The Hall–Kier alpha value is -1.13. The summed E-state index contributed by atoms with van der Waals surface area (Å²) in [5, 5.41) is 9.84. The lowest BCUT2D eigenvalue weighted by Gasteiger charge is -2.39. The summed E-state index contributed by atoms with van der Waals surface area (Å²) in [7, 11) is 0. The molecule has 1 heterocycles. The molecule has 0 amide bonds. The Bertz CT molecular complexity index is 424. The monoisotopic (exact) mass is 252 g/mol. The van der Waals surface area contributed by atoms with Crippen molar-refractivity contribution >= 4 is 0 Å². The van der Waals surface area contributed by atoms with E-state index >= 15 is 0 Å². The summed E-state index contributed by atoms with van der Waals surface area (Å²) in [6.07, 6.45) is 0.946. The lowest BCUT2D eigenvalue weighted by molar-refractivity contribution is 0.122. The Morgan fingerprint density at radius 1 is 1.50 bits per heavy atom. The van der Waals surface area contributed by atoms with E-state index in [0.717, 1.165) is 19.5 Å². The summed E-state index contributed by atoms with van der Waals surface area (Å²) >= 11 is 0. The molecule has 3 nitrogen and oxygen atoms in total. The van der Waals surface area contributed by atoms with Gasteiger partial charge < -0.3 is 10.8 Å². The molecule has 0 saturated carbocycles. The summed E-state index contributed by atoms with van der Waals surface area (Å²) < 4.78 is 13.3. The third kappa shape index (κ3) is 2.65. The van der Waals surface area contributed by atoms with E-state index < -0.39 is 0 Å². The molecule has 0 radical (unpaired) electrons. The maximum absolute atomic E-state index is 13.3. The number of rotatable bonds is 2. The number of likely N-dealkylation sites (tertiary alicyclic amines) is 1. The first-order valence-corrected chi connectivity index (χ1v) is 6.47. The normalized spacial score (nSPS) is 27.1. The van der Waals surface area contributed by atoms with Crippen molar-refractivity contribution in [1.82, 2.24) is 4.90 Å². The zero-order chi connectivity index (χ0) is 13.3. The molecule has 1 fully saturated rings. The van der Waals surface area contributed by atoms with Crippen LogP contribution >= 0.6 is 0 Å². The first-order valence-electron chi connectivity index (χ1n) is 6.47. The third-order valence-corrected chi connectivity index (χ3v) is 3.99. The molecule has 4 heteroatoms. The quantitative estimate of drug-likeness (QED) is 0.849. The second-order valence-electron chi connectivity index (χ2n) is 5.30. The van der Waals surface area contributed by atoms with Gasteiger partial charge in [-0.25, -0.2) is 4.39 Å². The van der Waals surface area contributed by atoms with E-state index in [9.17, 15) is 9.50 Å². The van der Waals surface area contributed by atoms with Gasteiger partial charge in [0.15, 0.2) is 0 Å². The molecule has 100 valence electrons. The van der Waals surface area contributed by atoms with E-state index in [1.165, 1.54) is 18.2 Å². The maximum Gasteiger partial charge on any atom is 0.123 e. The Labute approximate surface area is 107 Å². The van der Waals surface area contributed by atoms with Crippen LogP contribution in [0.3, 0.4) is 0 Å². The summed E-state index contributed by atoms with van der Waals surface area (Å²) in [5.74, 6) is 0.278. The smallest absolute Gasteiger partial charge is 0.123 e. The SMILES string of the molecule is CC1CN(C(C)c2cc(F)ccc2O)CCC1N. The highest BCUT2D eigenvalue weighted by Crippen LogP contribution is 2.31. The van der Waals surface area contributed by atoms with Crippen LogP contribution in [0.5, 0.6) is 5.75 Å². The Morgan fingerprint density at radius 2 is 2.22 bits per heavy atom. The zero-order valence-corrected chi connectivity index (χ0v) is 10.9. The molecule has 0 bridgehead atoms. The molecular weight excluding hydrogens is 231 g/mol. The summed E-state index contributed by atoms with van der Waals surface area (Å²) in [6, 6.07) is 4.37. The second-order valence-corrected chi connectivity index (χ2v) is 5.30. The average Bonchev–Trinajstić information content (AvgIpc) is 2.35. The number of hydrogen-bond donors (Lipinski definition) is 2. The molecule has 0 aromatic heterocycles. The highest BCUT2D eigenvalue weighted by molar-refractivity contribution is 5.35. The third-order valence-electron chi connectivity index (χ3n) is 3.99. The van der Waals surface area contributed by atoms with Crippen molar-refractivity contribution in [2.24, 2.45) is 11.7 Å². The van der Waals surface area contributed by atoms with Gasteiger partial charge in [-0.2, -0.15) is 0 Å². The van der Waals surface area contributed by atoms with Gasteiger partial charge in [0.2, 0.25) is 0 Å². The summed E-state index contributed by atoms with van der Waals surface area (Å²) in [6.45, 7) is 5.91. The van der Waals surface area contributed by atoms with E-state index in [0.29, 0.717) is 11.5 Å². The number of nitrogens with two attached hydrogens (primary N) is 1. The van der Waals surface area contributed by atoms with Gasteiger partial charge in [-0.3, -0.25) is 4.90 Å². The van der Waals surface area contributed by atoms with Crippen molar-refractivity contribution in [1.29, 1.82) is 0 Å². The molecule has 3 N–H and O–H groups in total. The number of phenolic OH excluding ortho intramolecular Hbond substituents is 1. The lowest BCUT2D eigenvalue weighted by Crippen LogP contribution is -2.46. The van der Waals surface area contributed by atoms with Gasteiger partial charge >= 0.3 is 0 Å². The highest BCUT2D eigenvalue weighted by Gasteiger charge is 2.27. The van der Waals surface area contributed by atoms with Crippen molar-refractivity contribution in [2.75, 3.05) is 13.1 Å². The number of phenols is 1. The van der Waals surface area contributed by atoms with Crippen molar-refractivity contribution in [2.45, 2.75) is 32.4 Å². The van der Waals surface area contributed by atoms with Gasteiger partial charge in [0.05, 0.1) is 0 Å². The number of halogens is 1. The minimum atomic E-state index is -0.309. The van der Waals surface area contributed by atoms with Gasteiger partial charge in [0, 0.05) is 30.7 Å². The fourth-order valence-electron chi connectivity index (χ4n) is 2.60. The van der Waals surface area contributed by atoms with Crippen LogP contribution in [0.1, 0.15) is 31.9 Å². The number of nitrogens with zero attached hydrogens (tertiary/aromatic N) is 1. The molecule has 1 aliphatic rings. The zero-order valence-electron chi connectivity index (χ0n) is 10.9. The van der Waals surface area contributed by atoms with E-state index in [2.05, 4.69) is 11.8 Å². The first kappa shape index (κ1) is 13.3. The van der Waals surface area contributed by atoms with Crippen molar-refractivity contribution < 1.29 is 9.50 Å². The molecule has 1 saturated heterocycles. The Balaban J connectivity index is 2.16. The fourth-order valence-corrected chi connectivity index (χ4v) is 2.60. The van der Waals surface area contributed by atoms with Crippen LogP contribution in [0.4, 0.5) is 4.39 Å². The summed E-state index contributed by atoms with van der Waals surface area (Å²) in [5.41, 5.74) is 6.65. The molecule has 0 aliphatic carbocycles. The van der Waals surface area contributed by atoms with Crippen LogP contribution in [0, 0.1) is 11.7 Å². The number of piperidine rings is 1. The number of benzene rings is 1. The highest BCUT2D eigenvalue weighted by atomic mass is 19.1. The number of aromatic hydroxyl groups is 1. The van der Waals surface area contributed by atoms with Crippen LogP contribution in [0.15, 0.2) is 18.2 Å². The van der Waals surface area contributed by atoms with Crippen molar-refractivity contribution in [3.8, 4) is 5.75 Å². The van der Waals surface area contributed by atoms with E-state index in [-0.39, 0.29) is 23.7 Å². The van der Waals surface area contributed by atoms with E-state index in [1.807, 2.05) is 6.92 Å². The molecule has 1 aliphatic heterocycles. The molecule has 3 unspecified atom stereocenters. The lowest BCUT2D eigenvalue weighted by atomic mass is 9.92. The molecule has 1 aromatic rings. The molecule has 3 atom stereocenters. The number of hydrogen-bond acceptors (Lipinski definition) is 3. The predicted molar refractivity (Wildman–Crippen MR) is 69.8 cm³/mol. The van der Waals surface area contributed by atoms with Crippen molar-refractivity contribution in [3.63, 3.8) is 0 Å². The van der Waals surface area contributed by atoms with E-state index in [4.69, 9.17) is 5.73 Å². The fraction of sp³-hybridized carbons (Fsp3) is 0.571. The molecular formula is C14H21FN2O. The van der Waals surface area contributed by atoms with Crippen LogP contribution < -0.4 is 5.73 Å². The largest absolute Gasteiger partial charge is 0.508 e. The van der Waals surface area contributed by atoms with Crippen LogP contribution in [-0.2, 0) is 0 Å². The van der Waals surface area contributed by atoms with Gasteiger partial charge in [0.1, 0.15) is 11.6 Å². The Kier molecular flexibility index (Phi) is 3.88. The molecule has 2 rings (SSSR count). The van der Waals surface area contributed by atoms with Gasteiger partial charge in [-0.15, -0.1) is 0 Å². The maximum atomic E-state index is 13.3. The Morgan fingerprint density at radius 3 is 2.89 bits per heavy atom. The minimum Gasteiger partial charge on any atom is -0.508 e. The first-order chi connectivity index (χ1) is 8.49. The van der Waals surface area contributed by atoms with Crippen LogP contribution in [0.25, 0.3) is 0 Å². The average molecular weight is 252 g/mol. The minimum absolute atomic E-state index is 0.00986. The van der Waals surface area contributed by atoms with Crippen LogP contribution in [0.2, 0.25) is 0 Å².